The van der Waals surface area contributed by atoms with Crippen molar-refractivity contribution < 1.29 is 9.84 Å². The number of aliphatic hydroxyl groups excluding tert-OH is 1. The molecule has 0 saturated carbocycles. The molecule has 2 rings (SSSR count). The smallest absolute Gasteiger partial charge is 0.145 e. The molecule has 0 bridgehead atoms. The summed E-state index contributed by atoms with van der Waals surface area (Å²) in [4.78, 5) is 0. The lowest BCUT2D eigenvalue weighted by molar-refractivity contribution is 0.276. The summed E-state index contributed by atoms with van der Waals surface area (Å²) in [5, 5.41) is 18.2. The minimum absolute atomic E-state index is 0.118. The first-order valence-corrected chi connectivity index (χ1v) is 5.41. The zero-order chi connectivity index (χ0) is 13.0. The quantitative estimate of drug-likeness (QED) is 0.807. The SMILES string of the molecule is N#Cc1cc(N)ccc1Oc1ccccc1CO. The van der Waals surface area contributed by atoms with Gasteiger partial charge in [0.05, 0.1) is 12.2 Å². The fraction of sp³-hybridized carbons (Fsp3) is 0.0714. The molecular formula is C14H12N2O2. The van der Waals surface area contributed by atoms with Gasteiger partial charge in [-0.25, -0.2) is 0 Å². The normalized spacial score (nSPS) is 9.78. The van der Waals surface area contributed by atoms with Crippen LogP contribution in [-0.2, 0) is 6.61 Å². The van der Waals surface area contributed by atoms with E-state index in [9.17, 15) is 5.11 Å². The Morgan fingerprint density at radius 2 is 1.94 bits per heavy atom. The molecule has 0 radical (unpaired) electrons. The first kappa shape index (κ1) is 12.0. The standard InChI is InChI=1S/C14H12N2O2/c15-8-11-7-12(16)5-6-14(11)18-13-4-2-1-3-10(13)9-17/h1-7,17H,9,16H2. The molecule has 0 aliphatic rings. The Kier molecular flexibility index (Phi) is 3.46. The van der Waals surface area contributed by atoms with Crippen LogP contribution in [0.2, 0.25) is 0 Å². The Morgan fingerprint density at radius 3 is 2.67 bits per heavy atom. The first-order valence-electron chi connectivity index (χ1n) is 5.41. The minimum atomic E-state index is -0.118. The van der Waals surface area contributed by atoms with E-state index in [0.717, 1.165) is 0 Å². The maximum atomic E-state index is 9.20. The second kappa shape index (κ2) is 5.21. The molecule has 0 amide bonds. The van der Waals surface area contributed by atoms with Crippen LogP contribution in [0.4, 0.5) is 5.69 Å². The highest BCUT2D eigenvalue weighted by Gasteiger charge is 2.07. The van der Waals surface area contributed by atoms with Crippen LogP contribution in [0.25, 0.3) is 0 Å². The van der Waals surface area contributed by atoms with Gasteiger partial charge in [-0.15, -0.1) is 0 Å². The number of nitriles is 1. The molecule has 4 heteroatoms. The number of anilines is 1. The fourth-order valence-corrected chi connectivity index (χ4v) is 1.58. The lowest BCUT2D eigenvalue weighted by Crippen LogP contribution is -1.94. The third kappa shape index (κ3) is 2.42. The van der Waals surface area contributed by atoms with Crippen molar-refractivity contribution in [2.45, 2.75) is 6.61 Å². The summed E-state index contributed by atoms with van der Waals surface area (Å²) in [6.07, 6.45) is 0. The van der Waals surface area contributed by atoms with Crippen LogP contribution in [0.1, 0.15) is 11.1 Å². The summed E-state index contributed by atoms with van der Waals surface area (Å²) in [5.74, 6) is 0.953. The maximum Gasteiger partial charge on any atom is 0.145 e. The lowest BCUT2D eigenvalue weighted by atomic mass is 10.2. The van der Waals surface area contributed by atoms with Crippen LogP contribution in [-0.4, -0.2) is 5.11 Å². The van der Waals surface area contributed by atoms with Crippen LogP contribution in [0.3, 0.4) is 0 Å². The lowest BCUT2D eigenvalue weighted by Gasteiger charge is -2.10. The number of ether oxygens (including phenoxy) is 1. The predicted octanol–water partition coefficient (Wildman–Crippen LogP) is 2.43. The number of nitrogen functional groups attached to an aromatic ring is 1. The van der Waals surface area contributed by atoms with E-state index in [1.807, 2.05) is 12.1 Å². The van der Waals surface area contributed by atoms with E-state index < -0.39 is 0 Å². The molecule has 18 heavy (non-hydrogen) atoms. The molecule has 90 valence electrons. The average molecular weight is 240 g/mol. The second-order valence-corrected chi connectivity index (χ2v) is 3.74. The van der Waals surface area contributed by atoms with Crippen molar-refractivity contribution in [1.29, 1.82) is 5.26 Å². The predicted molar refractivity (Wildman–Crippen MR) is 68.0 cm³/mol. The Hall–Kier alpha value is -2.51. The van der Waals surface area contributed by atoms with Gasteiger partial charge in [0.25, 0.3) is 0 Å². The van der Waals surface area contributed by atoms with Crippen molar-refractivity contribution in [2.75, 3.05) is 5.73 Å². The van der Waals surface area contributed by atoms with E-state index in [2.05, 4.69) is 0 Å². The van der Waals surface area contributed by atoms with Gasteiger partial charge in [-0.05, 0) is 24.3 Å². The average Bonchev–Trinajstić information content (AvgIpc) is 2.41. The van der Waals surface area contributed by atoms with Crippen molar-refractivity contribution in [3.8, 4) is 17.6 Å². The highest BCUT2D eigenvalue weighted by atomic mass is 16.5. The molecule has 4 nitrogen and oxygen atoms in total. The third-order valence-electron chi connectivity index (χ3n) is 2.49. The molecule has 0 atom stereocenters. The highest BCUT2D eigenvalue weighted by Crippen LogP contribution is 2.28. The van der Waals surface area contributed by atoms with Crippen LogP contribution in [0, 0.1) is 11.3 Å². The molecule has 0 spiro atoms. The summed E-state index contributed by atoms with van der Waals surface area (Å²) in [6, 6.07) is 14.0. The molecule has 0 fully saturated rings. The van der Waals surface area contributed by atoms with E-state index in [-0.39, 0.29) is 6.61 Å². The van der Waals surface area contributed by atoms with E-state index in [1.54, 1.807) is 36.4 Å². The molecule has 0 saturated heterocycles. The van der Waals surface area contributed by atoms with Gasteiger partial charge in [0, 0.05) is 11.3 Å². The van der Waals surface area contributed by atoms with Gasteiger partial charge >= 0.3 is 0 Å². The van der Waals surface area contributed by atoms with E-state index >= 15 is 0 Å². The minimum Gasteiger partial charge on any atom is -0.456 e. The van der Waals surface area contributed by atoms with E-state index in [4.69, 9.17) is 15.7 Å². The van der Waals surface area contributed by atoms with Crippen molar-refractivity contribution in [3.05, 3.63) is 53.6 Å². The highest BCUT2D eigenvalue weighted by molar-refractivity contribution is 5.54. The monoisotopic (exact) mass is 240 g/mol. The molecule has 0 unspecified atom stereocenters. The van der Waals surface area contributed by atoms with Gasteiger partial charge in [-0.2, -0.15) is 5.26 Å². The van der Waals surface area contributed by atoms with E-state index in [1.165, 1.54) is 0 Å². The summed E-state index contributed by atoms with van der Waals surface area (Å²) in [5.41, 5.74) is 7.14. The largest absolute Gasteiger partial charge is 0.456 e. The number of aliphatic hydroxyl groups is 1. The molecular weight excluding hydrogens is 228 g/mol. The van der Waals surface area contributed by atoms with Crippen molar-refractivity contribution >= 4 is 5.69 Å². The molecule has 0 heterocycles. The summed E-state index contributed by atoms with van der Waals surface area (Å²) in [6.45, 7) is -0.118. The maximum absolute atomic E-state index is 9.20. The van der Waals surface area contributed by atoms with E-state index in [0.29, 0.717) is 28.3 Å². The van der Waals surface area contributed by atoms with Gasteiger partial charge in [0.2, 0.25) is 0 Å². The Bertz CT molecular complexity index is 603. The van der Waals surface area contributed by atoms with Crippen LogP contribution in [0.15, 0.2) is 42.5 Å². The van der Waals surface area contributed by atoms with Gasteiger partial charge in [-0.1, -0.05) is 18.2 Å². The topological polar surface area (TPSA) is 79.3 Å². The van der Waals surface area contributed by atoms with Crippen LogP contribution < -0.4 is 10.5 Å². The molecule has 3 N–H and O–H groups in total. The zero-order valence-corrected chi connectivity index (χ0v) is 9.63. The van der Waals surface area contributed by atoms with Gasteiger partial charge in [0.1, 0.15) is 17.6 Å². The van der Waals surface area contributed by atoms with Crippen LogP contribution >= 0.6 is 0 Å². The molecule has 2 aromatic carbocycles. The number of benzene rings is 2. The molecule has 0 aliphatic heterocycles. The van der Waals surface area contributed by atoms with Crippen LogP contribution in [0.5, 0.6) is 11.5 Å². The van der Waals surface area contributed by atoms with Crippen molar-refractivity contribution in [2.24, 2.45) is 0 Å². The van der Waals surface area contributed by atoms with Crippen molar-refractivity contribution in [1.82, 2.24) is 0 Å². The Balaban J connectivity index is 2.37. The van der Waals surface area contributed by atoms with Gasteiger partial charge in [-0.3, -0.25) is 0 Å². The third-order valence-corrected chi connectivity index (χ3v) is 2.49. The number of rotatable bonds is 3. The molecule has 0 aromatic heterocycles. The fourth-order valence-electron chi connectivity index (χ4n) is 1.58. The summed E-state index contributed by atoms with van der Waals surface area (Å²) >= 11 is 0. The van der Waals surface area contributed by atoms with Gasteiger partial charge < -0.3 is 15.6 Å². The second-order valence-electron chi connectivity index (χ2n) is 3.74. The number of hydrogen-bond acceptors (Lipinski definition) is 4. The number of para-hydroxylation sites is 1. The molecule has 0 aliphatic carbocycles. The van der Waals surface area contributed by atoms with Gasteiger partial charge in [0.15, 0.2) is 0 Å². The first-order chi connectivity index (χ1) is 8.74. The number of hydrogen-bond donors (Lipinski definition) is 2. The van der Waals surface area contributed by atoms with Crippen molar-refractivity contribution in [3.63, 3.8) is 0 Å². The Morgan fingerprint density at radius 1 is 1.17 bits per heavy atom. The Labute approximate surface area is 105 Å². The number of nitrogens with two attached hydrogens (primary N) is 1. The molecule has 2 aromatic rings. The number of nitrogens with zero attached hydrogens (tertiary/aromatic N) is 1. The summed E-state index contributed by atoms with van der Waals surface area (Å²) < 4.78 is 5.64. The zero-order valence-electron chi connectivity index (χ0n) is 9.63. The summed E-state index contributed by atoms with van der Waals surface area (Å²) in [7, 11) is 0.